The van der Waals surface area contributed by atoms with Crippen molar-refractivity contribution in [1.29, 1.82) is 5.26 Å². The minimum atomic E-state index is -0.483. The van der Waals surface area contributed by atoms with Crippen molar-refractivity contribution in [2.24, 2.45) is 16.7 Å². The first-order valence-corrected chi connectivity index (χ1v) is 15.9. The first-order chi connectivity index (χ1) is 21.1. The number of hydrogen-bond acceptors (Lipinski definition) is 7. The molecule has 6 rings (SSSR count). The number of benzene rings is 1. The largest absolute Gasteiger partial charge is 0.489 e. The summed E-state index contributed by atoms with van der Waals surface area (Å²) in [4.78, 5) is 36.7. The summed E-state index contributed by atoms with van der Waals surface area (Å²) in [5.41, 5.74) is 1.30. The standard InChI is InChI=1S/C35H40ClN5O4/c1-33(2,3)45-32(43)40-18-24(19-40)39-16-21(17-39)8-10-23-11-13-26-28(38-23)20-41(29(26)42)30-34(4,5)31(35(30,6)7)44-25-12-9-22(15-37)27(36)14-25/h9,11-14,21,24,30-31H,16-20H2,1-7H3/t30-,31-. The lowest BCUT2D eigenvalue weighted by molar-refractivity contribution is -0.199. The van der Waals surface area contributed by atoms with Crippen LogP contribution in [0.4, 0.5) is 4.79 Å². The molecule has 1 aromatic carbocycles. The minimum Gasteiger partial charge on any atom is -0.489 e. The van der Waals surface area contributed by atoms with Crippen LogP contribution in [-0.4, -0.2) is 81.7 Å². The number of likely N-dealkylation sites (tertiary alicyclic amines) is 2. The fraction of sp³-hybridized carbons (Fsp3) is 0.543. The van der Waals surface area contributed by atoms with Crippen LogP contribution in [0.1, 0.15) is 75.8 Å². The van der Waals surface area contributed by atoms with Crippen LogP contribution < -0.4 is 4.74 Å². The van der Waals surface area contributed by atoms with Crippen LogP contribution in [0.5, 0.6) is 5.75 Å². The number of nitrogens with zero attached hydrogens (tertiary/aromatic N) is 5. The van der Waals surface area contributed by atoms with Gasteiger partial charge in [0.25, 0.3) is 5.91 Å². The smallest absolute Gasteiger partial charge is 0.410 e. The van der Waals surface area contributed by atoms with Crippen LogP contribution in [0.2, 0.25) is 5.02 Å². The lowest BCUT2D eigenvalue weighted by atomic mass is 9.49. The Bertz CT molecular complexity index is 1630. The van der Waals surface area contributed by atoms with E-state index in [9.17, 15) is 14.9 Å². The van der Waals surface area contributed by atoms with Crippen LogP contribution in [0.25, 0.3) is 0 Å². The summed E-state index contributed by atoms with van der Waals surface area (Å²) < 4.78 is 11.9. The van der Waals surface area contributed by atoms with Crippen molar-refractivity contribution in [2.75, 3.05) is 26.2 Å². The van der Waals surface area contributed by atoms with Crippen LogP contribution in [0.3, 0.4) is 0 Å². The van der Waals surface area contributed by atoms with E-state index in [0.717, 1.165) is 18.8 Å². The number of halogens is 1. The second kappa shape index (κ2) is 10.9. The summed E-state index contributed by atoms with van der Waals surface area (Å²) in [5.74, 6) is 7.44. The third-order valence-corrected chi connectivity index (χ3v) is 9.83. The maximum absolute atomic E-state index is 13.6. The van der Waals surface area contributed by atoms with E-state index in [2.05, 4.69) is 50.5 Å². The van der Waals surface area contributed by atoms with Gasteiger partial charge in [0, 0.05) is 61.1 Å². The zero-order valence-electron chi connectivity index (χ0n) is 27.0. The number of fused-ring (bicyclic) bond motifs is 1. The van der Waals surface area contributed by atoms with Crippen molar-refractivity contribution in [3.63, 3.8) is 0 Å². The van der Waals surface area contributed by atoms with Gasteiger partial charge < -0.3 is 19.3 Å². The second-order valence-electron chi connectivity index (χ2n) is 14.9. The van der Waals surface area contributed by atoms with Gasteiger partial charge in [0.15, 0.2) is 0 Å². The van der Waals surface area contributed by atoms with E-state index >= 15 is 0 Å². The van der Waals surface area contributed by atoms with E-state index in [0.29, 0.717) is 53.3 Å². The molecule has 10 heteroatoms. The minimum absolute atomic E-state index is 0.0152. The van der Waals surface area contributed by atoms with Crippen molar-refractivity contribution in [3.05, 3.63) is 57.9 Å². The molecular formula is C35H40ClN5O4. The van der Waals surface area contributed by atoms with Gasteiger partial charge in [-0.05, 0) is 51.0 Å². The van der Waals surface area contributed by atoms with E-state index in [-0.39, 0.29) is 40.9 Å². The average molecular weight is 630 g/mol. The number of hydrogen-bond donors (Lipinski definition) is 0. The Morgan fingerprint density at radius 1 is 1.07 bits per heavy atom. The van der Waals surface area contributed by atoms with Gasteiger partial charge in [0.05, 0.1) is 28.4 Å². The molecule has 236 valence electrons. The molecule has 0 radical (unpaired) electrons. The lowest BCUT2D eigenvalue weighted by Gasteiger charge is -2.65. The summed E-state index contributed by atoms with van der Waals surface area (Å²) in [5, 5.41) is 9.56. The molecular weight excluding hydrogens is 590 g/mol. The molecule has 3 fully saturated rings. The molecule has 9 nitrogen and oxygen atoms in total. The maximum atomic E-state index is 13.6. The molecule has 0 atom stereocenters. The predicted molar refractivity (Wildman–Crippen MR) is 170 cm³/mol. The zero-order chi connectivity index (χ0) is 32.5. The molecule has 4 heterocycles. The van der Waals surface area contributed by atoms with E-state index in [1.54, 1.807) is 23.1 Å². The average Bonchev–Trinajstić information content (AvgIpc) is 3.20. The summed E-state index contributed by atoms with van der Waals surface area (Å²) >= 11 is 6.25. The quantitative estimate of drug-likeness (QED) is 0.421. The highest BCUT2D eigenvalue weighted by atomic mass is 35.5. The Morgan fingerprint density at radius 2 is 1.76 bits per heavy atom. The number of pyridine rings is 1. The Labute approximate surface area is 270 Å². The third kappa shape index (κ3) is 5.62. The van der Waals surface area contributed by atoms with Crippen molar-refractivity contribution >= 4 is 23.6 Å². The third-order valence-electron chi connectivity index (χ3n) is 9.52. The van der Waals surface area contributed by atoms with Crippen LogP contribution >= 0.6 is 11.6 Å². The fourth-order valence-corrected chi connectivity index (χ4v) is 7.95. The molecule has 0 unspecified atom stereocenters. The van der Waals surface area contributed by atoms with Gasteiger partial charge in [-0.3, -0.25) is 9.69 Å². The summed E-state index contributed by atoms with van der Waals surface area (Å²) in [6, 6.07) is 11.2. The van der Waals surface area contributed by atoms with Crippen LogP contribution in [0, 0.1) is 39.9 Å². The summed E-state index contributed by atoms with van der Waals surface area (Å²) in [6.45, 7) is 17.7. The molecule has 45 heavy (non-hydrogen) atoms. The van der Waals surface area contributed by atoms with Crippen molar-refractivity contribution in [2.45, 2.75) is 78.8 Å². The Morgan fingerprint density at radius 3 is 2.38 bits per heavy atom. The summed E-state index contributed by atoms with van der Waals surface area (Å²) in [6.07, 6.45) is -0.423. The second-order valence-corrected chi connectivity index (χ2v) is 15.3. The molecule has 1 aromatic heterocycles. The number of ether oxygens (including phenoxy) is 2. The van der Waals surface area contributed by atoms with Gasteiger partial charge in [-0.2, -0.15) is 5.26 Å². The fourth-order valence-electron chi connectivity index (χ4n) is 7.73. The Kier molecular flexibility index (Phi) is 7.58. The number of carbonyl (C=O) groups excluding carboxylic acids is 2. The SMILES string of the molecule is CC(C)(C)OC(=O)N1CC(N2CC(C#Cc3ccc4c(n3)CN([C@H]3C(C)(C)[C@H](Oc5ccc(C#N)c(Cl)c5)C3(C)C)C4=O)C2)C1. The predicted octanol–water partition coefficient (Wildman–Crippen LogP) is 5.35. The van der Waals surface area contributed by atoms with E-state index in [1.165, 1.54) is 0 Å². The molecule has 4 aliphatic rings. The monoisotopic (exact) mass is 629 g/mol. The normalized spacial score (nSPS) is 23.9. The highest BCUT2D eigenvalue weighted by Gasteiger charge is 2.67. The van der Waals surface area contributed by atoms with E-state index < -0.39 is 5.60 Å². The highest BCUT2D eigenvalue weighted by Crippen LogP contribution is 2.59. The molecule has 2 saturated heterocycles. The Balaban J connectivity index is 1.05. The molecule has 1 aliphatic carbocycles. The first kappa shape index (κ1) is 31.2. The number of rotatable bonds is 4. The number of amides is 2. The highest BCUT2D eigenvalue weighted by molar-refractivity contribution is 6.31. The molecule has 3 aliphatic heterocycles. The van der Waals surface area contributed by atoms with E-state index in [4.69, 9.17) is 26.1 Å². The lowest BCUT2D eigenvalue weighted by Crippen LogP contribution is -2.74. The van der Waals surface area contributed by atoms with Gasteiger partial charge in [0.2, 0.25) is 0 Å². The molecule has 0 spiro atoms. The van der Waals surface area contributed by atoms with E-state index in [1.807, 2.05) is 37.8 Å². The molecule has 0 N–H and O–H groups in total. The zero-order valence-corrected chi connectivity index (χ0v) is 27.7. The number of nitriles is 1. The van der Waals surface area contributed by atoms with Gasteiger partial charge in [-0.25, -0.2) is 9.78 Å². The van der Waals surface area contributed by atoms with Crippen molar-refractivity contribution in [1.82, 2.24) is 19.7 Å². The van der Waals surface area contributed by atoms with Crippen LogP contribution in [-0.2, 0) is 11.3 Å². The van der Waals surface area contributed by atoms with Crippen molar-refractivity contribution in [3.8, 4) is 23.7 Å². The maximum Gasteiger partial charge on any atom is 0.410 e. The van der Waals surface area contributed by atoms with Gasteiger partial charge >= 0.3 is 6.09 Å². The molecule has 1 saturated carbocycles. The molecule has 2 amide bonds. The first-order valence-electron chi connectivity index (χ1n) is 15.5. The van der Waals surface area contributed by atoms with Gasteiger partial charge in [-0.1, -0.05) is 45.2 Å². The molecule has 2 aromatic rings. The Hall–Kier alpha value is -3.79. The van der Waals surface area contributed by atoms with Gasteiger partial charge in [-0.15, -0.1) is 0 Å². The topological polar surface area (TPSA) is 99.0 Å². The van der Waals surface area contributed by atoms with Crippen LogP contribution in [0.15, 0.2) is 30.3 Å². The van der Waals surface area contributed by atoms with Crippen molar-refractivity contribution < 1.29 is 19.1 Å². The number of aromatic nitrogens is 1. The number of carbonyl (C=O) groups is 2. The van der Waals surface area contributed by atoms with Gasteiger partial charge in [0.1, 0.15) is 29.2 Å². The summed E-state index contributed by atoms with van der Waals surface area (Å²) in [7, 11) is 0. The molecule has 0 bridgehead atoms.